The second-order valence-corrected chi connectivity index (χ2v) is 9.20. The molecule has 0 saturated carbocycles. The van der Waals surface area contributed by atoms with Crippen LogP contribution < -0.4 is 0 Å². The van der Waals surface area contributed by atoms with Crippen LogP contribution in [-0.4, -0.2) is 92.7 Å². The fraction of sp³-hybridized carbons (Fsp3) is 1.00. The van der Waals surface area contributed by atoms with Crippen molar-refractivity contribution in [3.05, 3.63) is 0 Å². The molecule has 0 aromatic carbocycles. The van der Waals surface area contributed by atoms with Gasteiger partial charge in [-0.1, -0.05) is 0 Å². The number of alkyl halides is 5. The highest BCUT2D eigenvalue weighted by Crippen LogP contribution is 2.42. The fourth-order valence-electron chi connectivity index (χ4n) is 1.93. The zero-order chi connectivity index (χ0) is 21.0. The highest BCUT2D eigenvalue weighted by atomic mass is 32.2. The lowest BCUT2D eigenvalue weighted by Gasteiger charge is -2.33. The Bertz CT molecular complexity index is 650. The molecule has 0 fully saturated rings. The lowest BCUT2D eigenvalue weighted by atomic mass is 10.2. The molecule has 15 heteroatoms. The minimum atomic E-state index is -6.41. The van der Waals surface area contributed by atoms with Crippen LogP contribution in [0.1, 0.15) is 12.8 Å². The summed E-state index contributed by atoms with van der Waals surface area (Å²) in [5, 5.41) is 3.15. The summed E-state index contributed by atoms with van der Waals surface area (Å²) in [6.45, 7) is -2.08. The van der Waals surface area contributed by atoms with E-state index in [-0.39, 0.29) is 17.3 Å². The fourth-order valence-corrected chi connectivity index (χ4v) is 3.94. The van der Waals surface area contributed by atoms with Crippen LogP contribution >= 0.6 is 0 Å². The number of hydrogen-bond donors (Lipinski definition) is 2. The summed E-state index contributed by atoms with van der Waals surface area (Å²) >= 11 is 0. The van der Waals surface area contributed by atoms with E-state index in [0.29, 0.717) is 0 Å². The van der Waals surface area contributed by atoms with E-state index >= 15 is 0 Å². The number of nitrogens with zero attached hydrogens (tertiary/aromatic N) is 2. The first kappa shape index (κ1) is 25.4. The average Bonchev–Trinajstić information content (AvgIpc) is 2.42. The van der Waals surface area contributed by atoms with Crippen LogP contribution in [0, 0.1) is 0 Å². The molecule has 1 unspecified atom stereocenters. The van der Waals surface area contributed by atoms with Crippen molar-refractivity contribution in [2.24, 2.45) is 0 Å². The molecule has 158 valence electrons. The second-order valence-electron chi connectivity index (χ2n) is 5.70. The molecule has 0 aliphatic heterocycles. The molecule has 0 aliphatic rings. The molecule has 0 radical (unpaired) electrons. The molecule has 0 aromatic heterocycles. The molecule has 8 nitrogen and oxygen atoms in total. The molecule has 0 rings (SSSR count). The highest BCUT2D eigenvalue weighted by Gasteiger charge is 2.69. The van der Waals surface area contributed by atoms with E-state index in [1.54, 1.807) is 0 Å². The summed E-state index contributed by atoms with van der Waals surface area (Å²) in [6, 6.07) is -1.64. The SMILES string of the molecule is CN(C)CCC(CO)N(CCCS(=O)(=O)O)S(=O)(=O)C(F)(F)C(F)(F)F. The Morgan fingerprint density at radius 3 is 1.85 bits per heavy atom. The van der Waals surface area contributed by atoms with Crippen LogP contribution in [0.4, 0.5) is 22.0 Å². The van der Waals surface area contributed by atoms with Gasteiger partial charge in [0.1, 0.15) is 0 Å². The molecule has 0 bridgehead atoms. The predicted molar refractivity (Wildman–Crippen MR) is 81.7 cm³/mol. The maximum absolute atomic E-state index is 13.5. The Kier molecular flexibility index (Phi) is 8.84. The standard InChI is InChI=1S/C11H21F5N2O6S2/c1-17(2)6-4-9(8-19)18(5-3-7-25(20,21)22)26(23,24)11(15,16)10(12,13)14/h9,19H,3-8H2,1-2H3,(H,20,21,22). The van der Waals surface area contributed by atoms with Crippen molar-refractivity contribution in [2.45, 2.75) is 30.3 Å². The van der Waals surface area contributed by atoms with Crippen LogP contribution in [0.2, 0.25) is 0 Å². The van der Waals surface area contributed by atoms with Gasteiger partial charge < -0.3 is 10.0 Å². The van der Waals surface area contributed by atoms with Crippen LogP contribution in [0.25, 0.3) is 0 Å². The molecule has 0 heterocycles. The Morgan fingerprint density at radius 1 is 1.00 bits per heavy atom. The minimum absolute atomic E-state index is 0.0487. The number of aliphatic hydroxyl groups is 1. The Hall–Kier alpha value is -0.610. The molecule has 2 N–H and O–H groups in total. The van der Waals surface area contributed by atoms with Crippen molar-refractivity contribution in [1.82, 2.24) is 9.21 Å². The molecule has 0 aliphatic carbocycles. The van der Waals surface area contributed by atoms with Gasteiger partial charge in [0, 0.05) is 12.6 Å². The quantitative estimate of drug-likeness (QED) is 0.355. The number of halogens is 5. The molecular weight excluding hydrogens is 415 g/mol. The zero-order valence-electron chi connectivity index (χ0n) is 13.9. The van der Waals surface area contributed by atoms with E-state index in [1.807, 2.05) is 0 Å². The van der Waals surface area contributed by atoms with Gasteiger partial charge in [-0.15, -0.1) is 0 Å². The number of hydrogen-bond acceptors (Lipinski definition) is 6. The van der Waals surface area contributed by atoms with E-state index in [2.05, 4.69) is 0 Å². The van der Waals surface area contributed by atoms with Gasteiger partial charge in [0.2, 0.25) is 0 Å². The first-order chi connectivity index (χ1) is 11.5. The van der Waals surface area contributed by atoms with Crippen LogP contribution in [0.15, 0.2) is 0 Å². The minimum Gasteiger partial charge on any atom is -0.395 e. The third kappa shape index (κ3) is 6.84. The van der Waals surface area contributed by atoms with Crippen molar-refractivity contribution >= 4 is 20.1 Å². The molecule has 0 amide bonds. The van der Waals surface area contributed by atoms with E-state index in [9.17, 15) is 43.9 Å². The van der Waals surface area contributed by atoms with Gasteiger partial charge in [-0.3, -0.25) is 4.55 Å². The Labute approximate surface area is 148 Å². The summed E-state index contributed by atoms with van der Waals surface area (Å²) in [5.74, 6) is -1.05. The van der Waals surface area contributed by atoms with E-state index < -0.39 is 62.9 Å². The summed E-state index contributed by atoms with van der Waals surface area (Å²) < 4.78 is 118. The number of sulfonamides is 1. The first-order valence-electron chi connectivity index (χ1n) is 7.14. The average molecular weight is 436 g/mol. The van der Waals surface area contributed by atoms with Gasteiger partial charge in [-0.2, -0.15) is 34.7 Å². The van der Waals surface area contributed by atoms with Gasteiger partial charge in [0.15, 0.2) is 0 Å². The molecule has 0 spiro atoms. The summed E-state index contributed by atoms with van der Waals surface area (Å²) in [4.78, 5) is 1.48. The summed E-state index contributed by atoms with van der Waals surface area (Å²) in [5.41, 5.74) is 0. The largest absolute Gasteiger partial charge is 0.470 e. The normalized spacial score (nSPS) is 15.7. The smallest absolute Gasteiger partial charge is 0.395 e. The highest BCUT2D eigenvalue weighted by molar-refractivity contribution is 7.90. The molecular formula is C11H21F5N2O6S2. The number of aliphatic hydroxyl groups excluding tert-OH is 1. The maximum atomic E-state index is 13.5. The van der Waals surface area contributed by atoms with Crippen LogP contribution in [0.5, 0.6) is 0 Å². The third-order valence-electron chi connectivity index (χ3n) is 3.27. The topological polar surface area (TPSA) is 115 Å². The number of rotatable bonds is 11. The van der Waals surface area contributed by atoms with Crippen molar-refractivity contribution in [1.29, 1.82) is 0 Å². The maximum Gasteiger partial charge on any atom is 0.470 e. The predicted octanol–water partition coefficient (Wildman–Crippen LogP) is 0.364. The van der Waals surface area contributed by atoms with E-state index in [4.69, 9.17) is 4.55 Å². The van der Waals surface area contributed by atoms with Gasteiger partial charge >= 0.3 is 11.4 Å². The van der Waals surface area contributed by atoms with Gasteiger partial charge in [-0.25, -0.2) is 8.42 Å². The zero-order valence-corrected chi connectivity index (χ0v) is 15.6. The van der Waals surface area contributed by atoms with E-state index in [1.165, 1.54) is 19.0 Å². The van der Waals surface area contributed by atoms with Crippen LogP contribution in [0.3, 0.4) is 0 Å². The molecule has 26 heavy (non-hydrogen) atoms. The third-order valence-corrected chi connectivity index (χ3v) is 6.05. The molecule has 0 aromatic rings. The summed E-state index contributed by atoms with van der Waals surface area (Å²) in [6.07, 6.45) is -7.44. The monoisotopic (exact) mass is 436 g/mol. The van der Waals surface area contributed by atoms with Crippen molar-refractivity contribution in [3.63, 3.8) is 0 Å². The Balaban J connectivity index is 5.81. The van der Waals surface area contributed by atoms with Crippen molar-refractivity contribution < 1.29 is 48.4 Å². The first-order valence-corrected chi connectivity index (χ1v) is 10.2. The molecule has 0 saturated heterocycles. The lowest BCUT2D eigenvalue weighted by molar-refractivity contribution is -0.243. The second kappa shape index (κ2) is 9.05. The van der Waals surface area contributed by atoms with Crippen molar-refractivity contribution in [2.75, 3.05) is 39.5 Å². The van der Waals surface area contributed by atoms with Gasteiger partial charge in [0.25, 0.3) is 20.1 Å². The Morgan fingerprint density at radius 2 is 1.50 bits per heavy atom. The van der Waals surface area contributed by atoms with Gasteiger partial charge in [-0.05, 0) is 33.5 Å². The lowest BCUT2D eigenvalue weighted by Crippen LogP contribution is -2.56. The van der Waals surface area contributed by atoms with E-state index in [0.717, 1.165) is 0 Å². The van der Waals surface area contributed by atoms with Gasteiger partial charge in [0.05, 0.1) is 12.4 Å². The summed E-state index contributed by atoms with van der Waals surface area (Å²) in [7, 11) is -7.86. The van der Waals surface area contributed by atoms with Crippen molar-refractivity contribution in [3.8, 4) is 0 Å². The van der Waals surface area contributed by atoms with Crippen LogP contribution in [-0.2, 0) is 20.1 Å². The molecule has 1 atom stereocenters.